The average Bonchev–Trinajstić information content (AvgIpc) is 2.54. The van der Waals surface area contributed by atoms with E-state index in [0.29, 0.717) is 0 Å². The van der Waals surface area contributed by atoms with Crippen LogP contribution in [0.15, 0.2) is 60.0 Å². The number of hydrogen-bond acceptors (Lipinski definition) is 3. The van der Waals surface area contributed by atoms with E-state index >= 15 is 0 Å². The molecular formula is C18H26FN3. The molecule has 3 nitrogen and oxygen atoms in total. The van der Waals surface area contributed by atoms with Crippen LogP contribution in [0.1, 0.15) is 20.3 Å². The van der Waals surface area contributed by atoms with E-state index in [1.54, 1.807) is 6.20 Å². The zero-order chi connectivity index (χ0) is 16.1. The van der Waals surface area contributed by atoms with Crippen LogP contribution in [-0.4, -0.2) is 36.9 Å². The summed E-state index contributed by atoms with van der Waals surface area (Å²) >= 11 is 0. The first-order valence-electron chi connectivity index (χ1n) is 7.83. The fourth-order valence-corrected chi connectivity index (χ4v) is 2.69. The molecular weight excluding hydrogens is 277 g/mol. The summed E-state index contributed by atoms with van der Waals surface area (Å²) in [5.74, 6) is 0. The Hall–Kier alpha value is -1.81. The Morgan fingerprint density at radius 1 is 1.41 bits per heavy atom. The molecule has 0 saturated heterocycles. The number of hydrogen-bond donors (Lipinski definition) is 2. The summed E-state index contributed by atoms with van der Waals surface area (Å²) in [6.45, 7) is 9.34. The second-order valence-electron chi connectivity index (χ2n) is 5.70. The molecule has 0 saturated carbocycles. The van der Waals surface area contributed by atoms with Gasteiger partial charge in [-0.1, -0.05) is 30.9 Å². The van der Waals surface area contributed by atoms with Crippen molar-refractivity contribution in [2.45, 2.75) is 38.6 Å². The van der Waals surface area contributed by atoms with Crippen molar-refractivity contribution in [3.05, 3.63) is 60.0 Å². The summed E-state index contributed by atoms with van der Waals surface area (Å²) in [7, 11) is 2.10. The summed E-state index contributed by atoms with van der Waals surface area (Å²) in [4.78, 5) is 2.25. The number of rotatable bonds is 5. The molecule has 2 heterocycles. The molecule has 2 aliphatic rings. The minimum absolute atomic E-state index is 0.0804. The van der Waals surface area contributed by atoms with Gasteiger partial charge in [0.15, 0.2) is 6.30 Å². The maximum absolute atomic E-state index is 13.1. The average molecular weight is 303 g/mol. The summed E-state index contributed by atoms with van der Waals surface area (Å²) in [5, 5.41) is 6.30. The fraction of sp³-hybridized carbons (Fsp3) is 0.444. The molecule has 0 fully saturated rings. The Morgan fingerprint density at radius 2 is 2.18 bits per heavy atom. The number of nitrogens with zero attached hydrogens (tertiary/aromatic N) is 1. The highest BCUT2D eigenvalue weighted by molar-refractivity contribution is 5.38. The van der Waals surface area contributed by atoms with Crippen molar-refractivity contribution in [2.75, 3.05) is 13.6 Å². The monoisotopic (exact) mass is 303 g/mol. The Kier molecular flexibility index (Phi) is 5.61. The van der Waals surface area contributed by atoms with E-state index in [9.17, 15) is 4.39 Å². The van der Waals surface area contributed by atoms with Gasteiger partial charge < -0.3 is 10.2 Å². The summed E-state index contributed by atoms with van der Waals surface area (Å²) in [6.07, 6.45) is 11.2. The molecule has 0 aromatic rings. The Labute approximate surface area is 133 Å². The molecule has 2 aliphatic heterocycles. The Balaban J connectivity index is 2.07. The first-order valence-corrected chi connectivity index (χ1v) is 7.83. The highest BCUT2D eigenvalue weighted by Gasteiger charge is 2.24. The van der Waals surface area contributed by atoms with Crippen molar-refractivity contribution < 1.29 is 4.39 Å². The minimum Gasteiger partial charge on any atom is -0.378 e. The number of allylic oxidation sites excluding steroid dienone is 1. The molecule has 3 atom stereocenters. The van der Waals surface area contributed by atoms with Crippen LogP contribution in [0.5, 0.6) is 0 Å². The van der Waals surface area contributed by atoms with Gasteiger partial charge in [-0.2, -0.15) is 0 Å². The summed E-state index contributed by atoms with van der Waals surface area (Å²) in [5.41, 5.74) is 3.41. The molecule has 0 amide bonds. The molecule has 2 rings (SSSR count). The molecule has 0 aromatic heterocycles. The lowest BCUT2D eigenvalue weighted by atomic mass is 9.93. The van der Waals surface area contributed by atoms with Crippen molar-refractivity contribution >= 4 is 0 Å². The van der Waals surface area contributed by atoms with Crippen LogP contribution in [0.2, 0.25) is 0 Å². The largest absolute Gasteiger partial charge is 0.378 e. The number of dihydropyridines is 1. The van der Waals surface area contributed by atoms with Gasteiger partial charge in [-0.25, -0.2) is 4.39 Å². The molecule has 0 radical (unpaired) electrons. The van der Waals surface area contributed by atoms with Crippen LogP contribution in [0.3, 0.4) is 0 Å². The van der Waals surface area contributed by atoms with E-state index in [1.165, 1.54) is 11.8 Å². The van der Waals surface area contributed by atoms with Gasteiger partial charge in [0.2, 0.25) is 0 Å². The van der Waals surface area contributed by atoms with Crippen molar-refractivity contribution in [3.63, 3.8) is 0 Å². The third kappa shape index (κ3) is 3.89. The molecule has 120 valence electrons. The lowest BCUT2D eigenvalue weighted by Gasteiger charge is -2.33. The quantitative estimate of drug-likeness (QED) is 0.765. The lowest BCUT2D eigenvalue weighted by Crippen LogP contribution is -2.43. The number of halogens is 1. The zero-order valence-corrected chi connectivity index (χ0v) is 13.6. The van der Waals surface area contributed by atoms with Gasteiger partial charge in [0.05, 0.1) is 6.04 Å². The maximum atomic E-state index is 13.1. The van der Waals surface area contributed by atoms with Crippen LogP contribution in [0.4, 0.5) is 4.39 Å². The van der Waals surface area contributed by atoms with E-state index in [1.807, 2.05) is 6.08 Å². The third-order valence-corrected chi connectivity index (χ3v) is 4.27. The molecule has 2 N–H and O–H groups in total. The van der Waals surface area contributed by atoms with Crippen LogP contribution >= 0.6 is 0 Å². The smallest absolute Gasteiger partial charge is 0.188 e. The topological polar surface area (TPSA) is 27.3 Å². The van der Waals surface area contributed by atoms with Crippen LogP contribution in [0, 0.1) is 0 Å². The van der Waals surface area contributed by atoms with E-state index in [0.717, 1.165) is 24.1 Å². The molecule has 0 unspecified atom stereocenters. The lowest BCUT2D eigenvalue weighted by molar-refractivity contribution is 0.361. The van der Waals surface area contributed by atoms with Crippen molar-refractivity contribution in [3.8, 4) is 0 Å². The van der Waals surface area contributed by atoms with Gasteiger partial charge in [0, 0.05) is 38.0 Å². The summed E-state index contributed by atoms with van der Waals surface area (Å²) in [6, 6.07) is 0.268. The number of nitrogens with one attached hydrogen (secondary N) is 2. The maximum Gasteiger partial charge on any atom is 0.188 e. The summed E-state index contributed by atoms with van der Waals surface area (Å²) < 4.78 is 13.1. The minimum atomic E-state index is -1.09. The van der Waals surface area contributed by atoms with E-state index in [2.05, 4.69) is 61.2 Å². The second-order valence-corrected chi connectivity index (χ2v) is 5.70. The van der Waals surface area contributed by atoms with Crippen LogP contribution in [-0.2, 0) is 0 Å². The normalized spacial score (nSPS) is 28.4. The SMILES string of the molecule is C=C1C=C[C@@H](C2=CN[C@H](F)C=C2)N[C@H]1C/C(=C\C)N(C)CC. The fourth-order valence-electron chi connectivity index (χ4n) is 2.69. The molecule has 22 heavy (non-hydrogen) atoms. The second kappa shape index (κ2) is 7.45. The predicted molar refractivity (Wildman–Crippen MR) is 90.9 cm³/mol. The van der Waals surface area contributed by atoms with E-state index in [-0.39, 0.29) is 12.1 Å². The number of alkyl halides is 1. The molecule has 0 aliphatic carbocycles. The van der Waals surface area contributed by atoms with Gasteiger partial charge in [-0.15, -0.1) is 0 Å². The highest BCUT2D eigenvalue weighted by atomic mass is 19.1. The zero-order valence-electron chi connectivity index (χ0n) is 13.6. The van der Waals surface area contributed by atoms with E-state index in [4.69, 9.17) is 0 Å². The van der Waals surface area contributed by atoms with Crippen molar-refractivity contribution in [1.82, 2.24) is 15.5 Å². The van der Waals surface area contributed by atoms with Crippen LogP contribution < -0.4 is 10.6 Å². The third-order valence-electron chi connectivity index (χ3n) is 4.27. The molecule has 0 aromatic carbocycles. The molecule has 0 spiro atoms. The van der Waals surface area contributed by atoms with Gasteiger partial charge >= 0.3 is 0 Å². The highest BCUT2D eigenvalue weighted by Crippen LogP contribution is 2.22. The Morgan fingerprint density at radius 3 is 2.77 bits per heavy atom. The molecule has 4 heteroatoms. The van der Waals surface area contributed by atoms with E-state index < -0.39 is 6.30 Å². The predicted octanol–water partition coefficient (Wildman–Crippen LogP) is 3.02. The van der Waals surface area contributed by atoms with Crippen molar-refractivity contribution in [1.29, 1.82) is 0 Å². The van der Waals surface area contributed by atoms with Crippen LogP contribution in [0.25, 0.3) is 0 Å². The standard InChI is InChI=1S/C18H26FN3/c1-5-15(22(4)6-2)11-17-13(3)7-9-16(21-17)14-8-10-18(19)20-12-14/h5,7-10,12,16-18,20-21H,3,6,11H2,1-2,4H3/b15-5+/t16-,17-,18-/m0/s1. The van der Waals surface area contributed by atoms with Crippen molar-refractivity contribution in [2.24, 2.45) is 0 Å². The van der Waals surface area contributed by atoms with Gasteiger partial charge in [-0.3, -0.25) is 5.32 Å². The van der Waals surface area contributed by atoms with Gasteiger partial charge in [0.1, 0.15) is 0 Å². The van der Waals surface area contributed by atoms with Gasteiger partial charge in [0.25, 0.3) is 0 Å². The van der Waals surface area contributed by atoms with Gasteiger partial charge in [-0.05, 0) is 31.1 Å². The molecule has 0 bridgehead atoms. The first-order chi connectivity index (χ1) is 10.5. The Bertz CT molecular complexity index is 530. The first kappa shape index (κ1) is 16.6.